The number of aryl methyl sites for hydroxylation is 1. The van der Waals surface area contributed by atoms with E-state index < -0.39 is 11.7 Å². The molecule has 0 spiro atoms. The number of carbonyl (C=O) groups excluding carboxylic acids is 1. The molecule has 1 amide bonds. The van der Waals surface area contributed by atoms with Gasteiger partial charge in [-0.25, -0.2) is 14.1 Å². The molecular weight excluding hydrogens is 395 g/mol. The maximum atomic E-state index is 13.9. The highest BCUT2D eigenvalue weighted by molar-refractivity contribution is 6.31. The third-order valence-electron chi connectivity index (χ3n) is 4.31. The molecule has 0 fully saturated rings. The number of aromatic amines is 1. The quantitative estimate of drug-likeness (QED) is 0.519. The zero-order valence-electron chi connectivity index (χ0n) is 15.4. The first-order chi connectivity index (χ1) is 14.0. The number of anilines is 1. The third-order valence-corrected chi connectivity index (χ3v) is 4.67. The number of hydrogen-bond acceptors (Lipinski definition) is 4. The number of carbonyl (C=O) groups is 1. The van der Waals surface area contributed by atoms with E-state index >= 15 is 0 Å². The third kappa shape index (κ3) is 4.17. The minimum Gasteiger partial charge on any atom is -0.288 e. The maximum Gasteiger partial charge on any atom is 0.276 e. The number of halogens is 2. The zero-order chi connectivity index (χ0) is 20.4. The smallest absolute Gasteiger partial charge is 0.276 e. The SMILES string of the molecule is Cc1ccc(-c2cc(C(=O)Nc3ncn(Cc4c(F)cccc4Cl)n3)[nH]n2)cc1. The van der Waals surface area contributed by atoms with Gasteiger partial charge in [-0.2, -0.15) is 5.10 Å². The van der Waals surface area contributed by atoms with E-state index in [1.54, 1.807) is 12.1 Å². The summed E-state index contributed by atoms with van der Waals surface area (Å²) >= 11 is 6.03. The van der Waals surface area contributed by atoms with E-state index in [0.29, 0.717) is 16.3 Å². The second-order valence-electron chi connectivity index (χ2n) is 6.45. The summed E-state index contributed by atoms with van der Waals surface area (Å²) in [5.74, 6) is -0.772. The van der Waals surface area contributed by atoms with Crippen LogP contribution in [-0.2, 0) is 6.54 Å². The van der Waals surface area contributed by atoms with E-state index in [0.717, 1.165) is 11.1 Å². The van der Waals surface area contributed by atoms with Crippen molar-refractivity contribution in [1.29, 1.82) is 0 Å². The molecule has 0 unspecified atom stereocenters. The molecule has 0 atom stereocenters. The normalized spacial score (nSPS) is 10.9. The number of H-pyrrole nitrogens is 1. The molecule has 0 aliphatic rings. The van der Waals surface area contributed by atoms with Gasteiger partial charge in [-0.3, -0.25) is 15.2 Å². The van der Waals surface area contributed by atoms with Gasteiger partial charge in [0.2, 0.25) is 5.95 Å². The highest BCUT2D eigenvalue weighted by Gasteiger charge is 2.14. The molecule has 2 N–H and O–H groups in total. The van der Waals surface area contributed by atoms with Gasteiger partial charge in [-0.05, 0) is 25.1 Å². The molecule has 2 aromatic heterocycles. The molecule has 2 aromatic carbocycles. The van der Waals surface area contributed by atoms with Crippen molar-refractivity contribution in [1.82, 2.24) is 25.0 Å². The lowest BCUT2D eigenvalue weighted by Gasteiger charge is -2.05. The molecule has 7 nitrogen and oxygen atoms in total. The van der Waals surface area contributed by atoms with Crippen LogP contribution in [-0.4, -0.2) is 30.9 Å². The minimum absolute atomic E-state index is 0.0916. The topological polar surface area (TPSA) is 88.5 Å². The van der Waals surface area contributed by atoms with Crippen LogP contribution in [0.3, 0.4) is 0 Å². The van der Waals surface area contributed by atoms with Crippen molar-refractivity contribution in [3.63, 3.8) is 0 Å². The Morgan fingerprint density at radius 3 is 2.79 bits per heavy atom. The number of rotatable bonds is 5. The second kappa shape index (κ2) is 7.84. The predicted molar refractivity (Wildman–Crippen MR) is 107 cm³/mol. The molecular formula is C20H16ClFN6O. The van der Waals surface area contributed by atoms with Gasteiger partial charge in [0.25, 0.3) is 5.91 Å². The molecule has 2 heterocycles. The fraction of sp³-hybridized carbons (Fsp3) is 0.100. The van der Waals surface area contributed by atoms with Crippen molar-refractivity contribution in [3.8, 4) is 11.3 Å². The summed E-state index contributed by atoms with van der Waals surface area (Å²) in [6, 6.07) is 13.9. The summed E-state index contributed by atoms with van der Waals surface area (Å²) in [4.78, 5) is 16.5. The molecule has 0 aliphatic carbocycles. The van der Waals surface area contributed by atoms with Crippen LogP contribution >= 0.6 is 11.6 Å². The highest BCUT2D eigenvalue weighted by Crippen LogP contribution is 2.20. The number of aromatic nitrogens is 5. The summed E-state index contributed by atoms with van der Waals surface area (Å²) in [5, 5.41) is 13.9. The number of benzene rings is 2. The molecule has 4 aromatic rings. The Bertz CT molecular complexity index is 1150. The van der Waals surface area contributed by atoms with Crippen LogP contribution in [0.5, 0.6) is 0 Å². The standard InChI is InChI=1S/C20H16ClFN6O/c1-12-5-7-13(8-6-12)17-9-18(26-25-17)19(29)24-20-23-11-28(27-20)10-14-15(21)3-2-4-16(14)22/h2-9,11H,10H2,1H3,(H,25,26)(H,24,27,29). The molecule has 0 aliphatic heterocycles. The highest BCUT2D eigenvalue weighted by atomic mass is 35.5. The van der Waals surface area contributed by atoms with Gasteiger partial charge in [0.15, 0.2) is 0 Å². The van der Waals surface area contributed by atoms with Crippen LogP contribution in [0.1, 0.15) is 21.6 Å². The van der Waals surface area contributed by atoms with Crippen LogP contribution in [0.15, 0.2) is 54.9 Å². The monoisotopic (exact) mass is 410 g/mol. The Hall–Kier alpha value is -3.52. The van der Waals surface area contributed by atoms with E-state index in [1.165, 1.54) is 23.1 Å². The first kappa shape index (κ1) is 18.8. The van der Waals surface area contributed by atoms with E-state index in [-0.39, 0.29) is 18.2 Å². The van der Waals surface area contributed by atoms with Crippen molar-refractivity contribution < 1.29 is 9.18 Å². The van der Waals surface area contributed by atoms with Gasteiger partial charge in [-0.1, -0.05) is 47.5 Å². The number of nitrogens with zero attached hydrogens (tertiary/aromatic N) is 4. The molecule has 29 heavy (non-hydrogen) atoms. The maximum absolute atomic E-state index is 13.9. The Kier molecular flexibility index (Phi) is 5.09. The largest absolute Gasteiger partial charge is 0.288 e. The summed E-state index contributed by atoms with van der Waals surface area (Å²) in [6.07, 6.45) is 1.39. The molecule has 0 saturated carbocycles. The Morgan fingerprint density at radius 1 is 1.24 bits per heavy atom. The molecule has 0 radical (unpaired) electrons. The van der Waals surface area contributed by atoms with Crippen LogP contribution in [0.4, 0.5) is 10.3 Å². The van der Waals surface area contributed by atoms with Crippen molar-refractivity contribution in [2.24, 2.45) is 0 Å². The molecule has 4 rings (SSSR count). The van der Waals surface area contributed by atoms with Crippen molar-refractivity contribution >= 4 is 23.5 Å². The van der Waals surface area contributed by atoms with Gasteiger partial charge in [0.1, 0.15) is 17.8 Å². The van der Waals surface area contributed by atoms with Gasteiger partial charge in [0.05, 0.1) is 12.2 Å². The number of nitrogens with one attached hydrogen (secondary N) is 2. The Morgan fingerprint density at radius 2 is 2.03 bits per heavy atom. The summed E-state index contributed by atoms with van der Waals surface area (Å²) in [7, 11) is 0. The molecule has 146 valence electrons. The van der Waals surface area contributed by atoms with Crippen molar-refractivity contribution in [2.45, 2.75) is 13.5 Å². The van der Waals surface area contributed by atoms with E-state index in [9.17, 15) is 9.18 Å². The fourth-order valence-corrected chi connectivity index (χ4v) is 2.98. The van der Waals surface area contributed by atoms with E-state index in [1.807, 2.05) is 31.2 Å². The molecule has 0 bridgehead atoms. The van der Waals surface area contributed by atoms with Crippen LogP contribution in [0, 0.1) is 12.7 Å². The average molecular weight is 411 g/mol. The number of hydrogen-bond donors (Lipinski definition) is 2. The molecule has 0 saturated heterocycles. The lowest BCUT2D eigenvalue weighted by Crippen LogP contribution is -2.14. The fourth-order valence-electron chi connectivity index (χ4n) is 2.75. The Balaban J connectivity index is 1.45. The average Bonchev–Trinajstić information content (AvgIpc) is 3.35. The van der Waals surface area contributed by atoms with Crippen molar-refractivity contribution in [3.05, 3.63) is 82.5 Å². The first-order valence-corrected chi connectivity index (χ1v) is 9.13. The lowest BCUT2D eigenvalue weighted by atomic mass is 10.1. The lowest BCUT2D eigenvalue weighted by molar-refractivity contribution is 0.102. The van der Waals surface area contributed by atoms with Gasteiger partial charge in [0, 0.05) is 16.1 Å². The van der Waals surface area contributed by atoms with Gasteiger partial charge >= 0.3 is 0 Å². The molecule has 9 heteroatoms. The summed E-state index contributed by atoms with van der Waals surface area (Å²) in [6.45, 7) is 2.09. The minimum atomic E-state index is -0.433. The van der Waals surface area contributed by atoms with Crippen molar-refractivity contribution in [2.75, 3.05) is 5.32 Å². The second-order valence-corrected chi connectivity index (χ2v) is 6.86. The van der Waals surface area contributed by atoms with Gasteiger partial charge < -0.3 is 0 Å². The zero-order valence-corrected chi connectivity index (χ0v) is 16.1. The van der Waals surface area contributed by atoms with E-state index in [2.05, 4.69) is 25.6 Å². The van der Waals surface area contributed by atoms with Crippen LogP contribution in [0.25, 0.3) is 11.3 Å². The predicted octanol–water partition coefficient (Wildman–Crippen LogP) is 4.07. The van der Waals surface area contributed by atoms with E-state index in [4.69, 9.17) is 11.6 Å². The first-order valence-electron chi connectivity index (χ1n) is 8.76. The van der Waals surface area contributed by atoms with Crippen LogP contribution < -0.4 is 5.32 Å². The summed E-state index contributed by atoms with van der Waals surface area (Å²) < 4.78 is 15.3. The Labute approximate surface area is 170 Å². The summed E-state index contributed by atoms with van der Waals surface area (Å²) in [5.41, 5.74) is 3.26. The number of amides is 1. The van der Waals surface area contributed by atoms with Crippen LogP contribution in [0.2, 0.25) is 5.02 Å². The van der Waals surface area contributed by atoms with Gasteiger partial charge in [-0.15, -0.1) is 5.10 Å².